The van der Waals surface area contributed by atoms with Gasteiger partial charge in [0.2, 0.25) is 0 Å². The lowest BCUT2D eigenvalue weighted by molar-refractivity contribution is -0.131. The van der Waals surface area contributed by atoms with Crippen molar-refractivity contribution in [1.29, 1.82) is 0 Å². The second-order valence-electron chi connectivity index (χ2n) is 5.08. The number of benzene rings is 2. The molecule has 0 saturated carbocycles. The molecule has 0 fully saturated rings. The first-order valence-corrected chi connectivity index (χ1v) is 8.53. The molecule has 24 heavy (non-hydrogen) atoms. The van der Waals surface area contributed by atoms with E-state index in [9.17, 15) is 13.2 Å². The fourth-order valence-corrected chi connectivity index (χ4v) is 3.66. The minimum atomic E-state index is -4.02. The van der Waals surface area contributed by atoms with Gasteiger partial charge in [-0.1, -0.05) is 43.0 Å². The van der Waals surface area contributed by atoms with Crippen LogP contribution in [0.2, 0.25) is 0 Å². The third kappa shape index (κ3) is 2.96. The van der Waals surface area contributed by atoms with Crippen LogP contribution in [0.4, 0.5) is 0 Å². The van der Waals surface area contributed by atoms with Gasteiger partial charge in [-0.15, -0.1) is 0 Å². The standard InChI is InChI=1S/C18H14O5S/c1-2-13-6-8-14(9-7-13)23-24(20,21)18-5-3-4-15-16(18)10-11-17(15)22-12-19/h2-12,17H,1H2. The summed E-state index contributed by atoms with van der Waals surface area (Å²) in [5.74, 6) is 0.209. The van der Waals surface area contributed by atoms with Gasteiger partial charge in [0.1, 0.15) is 16.7 Å². The van der Waals surface area contributed by atoms with Crippen LogP contribution in [0.5, 0.6) is 5.75 Å². The zero-order valence-corrected chi connectivity index (χ0v) is 13.4. The first-order chi connectivity index (χ1) is 11.5. The molecule has 0 radical (unpaired) electrons. The number of rotatable bonds is 6. The van der Waals surface area contributed by atoms with Crippen LogP contribution in [-0.2, 0) is 19.6 Å². The van der Waals surface area contributed by atoms with Crippen LogP contribution < -0.4 is 4.18 Å². The minimum Gasteiger partial charge on any atom is -0.455 e. The fourth-order valence-electron chi connectivity index (χ4n) is 2.50. The number of fused-ring (bicyclic) bond motifs is 1. The fraction of sp³-hybridized carbons (Fsp3) is 0.0556. The molecular formula is C18H14O5S. The van der Waals surface area contributed by atoms with Gasteiger partial charge in [-0.05, 0) is 29.8 Å². The summed E-state index contributed by atoms with van der Waals surface area (Å²) in [6.45, 7) is 3.98. The molecule has 0 aromatic heterocycles. The van der Waals surface area contributed by atoms with E-state index in [0.29, 0.717) is 17.6 Å². The minimum absolute atomic E-state index is 0.0287. The Hall–Kier alpha value is -2.86. The predicted molar refractivity (Wildman–Crippen MR) is 89.7 cm³/mol. The van der Waals surface area contributed by atoms with Crippen molar-refractivity contribution in [1.82, 2.24) is 0 Å². The zero-order chi connectivity index (χ0) is 17.2. The SMILES string of the molecule is C=Cc1ccc(OS(=O)(=O)c2cccc3c2C=CC3OC=O)cc1. The smallest absolute Gasteiger partial charge is 0.339 e. The summed E-state index contributed by atoms with van der Waals surface area (Å²) < 4.78 is 35.3. The Balaban J connectivity index is 1.94. The lowest BCUT2D eigenvalue weighted by Gasteiger charge is -2.12. The van der Waals surface area contributed by atoms with E-state index in [0.717, 1.165) is 5.56 Å². The summed E-state index contributed by atoms with van der Waals surface area (Å²) in [5.41, 5.74) is 1.93. The highest BCUT2D eigenvalue weighted by Crippen LogP contribution is 2.35. The van der Waals surface area contributed by atoms with Crippen molar-refractivity contribution in [3.05, 3.63) is 71.8 Å². The molecule has 2 aromatic rings. The van der Waals surface area contributed by atoms with E-state index < -0.39 is 16.2 Å². The van der Waals surface area contributed by atoms with Crippen molar-refractivity contribution in [2.45, 2.75) is 11.0 Å². The number of ether oxygens (including phenoxy) is 1. The summed E-state index contributed by atoms with van der Waals surface area (Å²) >= 11 is 0. The molecule has 0 bridgehead atoms. The summed E-state index contributed by atoms with van der Waals surface area (Å²) in [4.78, 5) is 10.6. The molecule has 0 saturated heterocycles. The quantitative estimate of drug-likeness (QED) is 0.595. The monoisotopic (exact) mass is 342 g/mol. The number of hydrogen-bond acceptors (Lipinski definition) is 5. The van der Waals surface area contributed by atoms with Gasteiger partial charge >= 0.3 is 10.1 Å². The van der Waals surface area contributed by atoms with Gasteiger partial charge in [0.15, 0.2) is 0 Å². The Labute approximate surface area is 140 Å². The lowest BCUT2D eigenvalue weighted by atomic mass is 10.1. The van der Waals surface area contributed by atoms with E-state index >= 15 is 0 Å². The van der Waals surface area contributed by atoms with Crippen LogP contribution >= 0.6 is 0 Å². The average molecular weight is 342 g/mol. The maximum atomic E-state index is 12.6. The van der Waals surface area contributed by atoms with Gasteiger partial charge in [0.25, 0.3) is 6.47 Å². The van der Waals surface area contributed by atoms with E-state index in [4.69, 9.17) is 8.92 Å². The Morgan fingerprint density at radius 3 is 2.50 bits per heavy atom. The first kappa shape index (κ1) is 16.0. The van der Waals surface area contributed by atoms with Crippen molar-refractivity contribution in [3.63, 3.8) is 0 Å². The van der Waals surface area contributed by atoms with Gasteiger partial charge in [0.05, 0.1) is 0 Å². The van der Waals surface area contributed by atoms with Crippen molar-refractivity contribution in [3.8, 4) is 5.75 Å². The summed E-state index contributed by atoms with van der Waals surface area (Å²) in [6, 6.07) is 11.3. The summed E-state index contributed by atoms with van der Waals surface area (Å²) in [7, 11) is -4.02. The van der Waals surface area contributed by atoms with Gasteiger partial charge in [-0.3, -0.25) is 4.79 Å². The van der Waals surface area contributed by atoms with Crippen molar-refractivity contribution in [2.24, 2.45) is 0 Å². The number of carbonyl (C=O) groups excluding carboxylic acids is 1. The molecule has 0 amide bonds. The van der Waals surface area contributed by atoms with Crippen LogP contribution in [-0.4, -0.2) is 14.9 Å². The van der Waals surface area contributed by atoms with Crippen molar-refractivity contribution >= 4 is 28.7 Å². The highest BCUT2D eigenvalue weighted by molar-refractivity contribution is 7.87. The number of hydrogen-bond donors (Lipinski definition) is 0. The molecule has 0 aliphatic heterocycles. The molecule has 0 spiro atoms. The normalized spacial score (nSPS) is 15.6. The summed E-state index contributed by atoms with van der Waals surface area (Å²) in [5, 5.41) is 0. The van der Waals surface area contributed by atoms with Gasteiger partial charge in [0, 0.05) is 11.1 Å². The predicted octanol–water partition coefficient (Wildman–Crippen LogP) is 3.34. The molecule has 122 valence electrons. The molecule has 1 unspecified atom stereocenters. The Kier molecular flexibility index (Phi) is 4.22. The molecule has 6 heteroatoms. The third-order valence-corrected chi connectivity index (χ3v) is 4.94. The molecule has 3 rings (SSSR count). The maximum Gasteiger partial charge on any atom is 0.339 e. The molecule has 1 aliphatic carbocycles. The molecule has 5 nitrogen and oxygen atoms in total. The summed E-state index contributed by atoms with van der Waals surface area (Å²) in [6.07, 6.45) is 4.30. The van der Waals surface area contributed by atoms with E-state index in [1.54, 1.807) is 54.6 Å². The van der Waals surface area contributed by atoms with E-state index in [2.05, 4.69) is 6.58 Å². The van der Waals surface area contributed by atoms with Crippen LogP contribution in [0, 0.1) is 0 Å². The van der Waals surface area contributed by atoms with Crippen LogP contribution in [0.3, 0.4) is 0 Å². The topological polar surface area (TPSA) is 69.7 Å². The van der Waals surface area contributed by atoms with Crippen LogP contribution in [0.15, 0.2) is 60.0 Å². The van der Waals surface area contributed by atoms with Crippen molar-refractivity contribution < 1.29 is 22.1 Å². The molecule has 1 aliphatic rings. The zero-order valence-electron chi connectivity index (χ0n) is 12.6. The molecule has 0 heterocycles. The Morgan fingerprint density at radius 1 is 1.08 bits per heavy atom. The average Bonchev–Trinajstić information content (AvgIpc) is 2.99. The van der Waals surface area contributed by atoms with Crippen molar-refractivity contribution in [2.75, 3.05) is 0 Å². The van der Waals surface area contributed by atoms with E-state index in [-0.39, 0.29) is 10.6 Å². The van der Waals surface area contributed by atoms with E-state index in [1.165, 1.54) is 6.07 Å². The Bertz CT molecular complexity index is 911. The lowest BCUT2D eigenvalue weighted by Crippen LogP contribution is -2.12. The second-order valence-corrected chi connectivity index (χ2v) is 6.60. The van der Waals surface area contributed by atoms with Gasteiger partial charge in [-0.2, -0.15) is 8.42 Å². The highest BCUT2D eigenvalue weighted by atomic mass is 32.2. The Morgan fingerprint density at radius 2 is 1.83 bits per heavy atom. The van der Waals surface area contributed by atoms with E-state index in [1.807, 2.05) is 0 Å². The highest BCUT2D eigenvalue weighted by Gasteiger charge is 2.27. The first-order valence-electron chi connectivity index (χ1n) is 7.12. The maximum absolute atomic E-state index is 12.6. The molecule has 0 N–H and O–H groups in total. The molecule has 1 atom stereocenters. The third-order valence-electron chi connectivity index (χ3n) is 3.64. The largest absolute Gasteiger partial charge is 0.455 e. The second kappa shape index (κ2) is 6.33. The van der Waals surface area contributed by atoms with Gasteiger partial charge in [-0.25, -0.2) is 0 Å². The van der Waals surface area contributed by atoms with Gasteiger partial charge < -0.3 is 8.92 Å². The number of carbonyl (C=O) groups is 1. The van der Waals surface area contributed by atoms with Crippen LogP contribution in [0.1, 0.15) is 22.8 Å². The molecular weight excluding hydrogens is 328 g/mol. The molecule has 2 aromatic carbocycles. The van der Waals surface area contributed by atoms with Crippen LogP contribution in [0.25, 0.3) is 12.2 Å².